The second-order valence-corrected chi connectivity index (χ2v) is 2.85. The van der Waals surface area contributed by atoms with Gasteiger partial charge in [0.1, 0.15) is 0 Å². The average Bonchev–Trinajstić information content (AvgIpc) is 2.21. The van der Waals surface area contributed by atoms with E-state index >= 15 is 0 Å². The molecule has 1 aromatic carbocycles. The highest BCUT2D eigenvalue weighted by Crippen LogP contribution is 2.38. The summed E-state index contributed by atoms with van der Waals surface area (Å²) in [6.07, 6.45) is 0.617. The molecular formula is C10H15NO3. The number of benzene rings is 1. The fourth-order valence-electron chi connectivity index (χ4n) is 1.31. The smallest absolute Gasteiger partial charge is 0.203 e. The van der Waals surface area contributed by atoms with Crippen molar-refractivity contribution in [3.63, 3.8) is 0 Å². The van der Waals surface area contributed by atoms with Gasteiger partial charge in [-0.15, -0.1) is 0 Å². The van der Waals surface area contributed by atoms with Crippen LogP contribution >= 0.6 is 0 Å². The van der Waals surface area contributed by atoms with E-state index in [2.05, 4.69) is 0 Å². The summed E-state index contributed by atoms with van der Waals surface area (Å²) in [6, 6.07) is 3.53. The van der Waals surface area contributed by atoms with Gasteiger partial charge in [-0.3, -0.25) is 0 Å². The van der Waals surface area contributed by atoms with Gasteiger partial charge in [-0.1, -0.05) is 6.07 Å². The van der Waals surface area contributed by atoms with Gasteiger partial charge in [0.25, 0.3) is 0 Å². The molecule has 1 rings (SSSR count). The molecule has 4 nitrogen and oxygen atoms in total. The molecule has 14 heavy (non-hydrogen) atoms. The molecule has 0 aromatic heterocycles. The second-order valence-electron chi connectivity index (χ2n) is 2.85. The van der Waals surface area contributed by atoms with Crippen molar-refractivity contribution in [2.24, 2.45) is 5.73 Å². The first-order valence-electron chi connectivity index (χ1n) is 4.37. The largest absolute Gasteiger partial charge is 0.504 e. The first-order chi connectivity index (χ1) is 6.74. The highest BCUT2D eigenvalue weighted by molar-refractivity contribution is 5.54. The van der Waals surface area contributed by atoms with Crippen molar-refractivity contribution in [2.75, 3.05) is 20.8 Å². The van der Waals surface area contributed by atoms with E-state index in [-0.39, 0.29) is 5.75 Å². The molecule has 0 bridgehead atoms. The van der Waals surface area contributed by atoms with E-state index in [1.807, 2.05) is 0 Å². The van der Waals surface area contributed by atoms with Crippen LogP contribution in [0.25, 0.3) is 0 Å². The van der Waals surface area contributed by atoms with Crippen molar-refractivity contribution < 1.29 is 14.6 Å². The van der Waals surface area contributed by atoms with Crippen LogP contribution < -0.4 is 15.2 Å². The fourth-order valence-corrected chi connectivity index (χ4v) is 1.31. The predicted molar refractivity (Wildman–Crippen MR) is 54.0 cm³/mol. The maximum atomic E-state index is 9.77. The topological polar surface area (TPSA) is 64.7 Å². The number of hydrogen-bond donors (Lipinski definition) is 2. The van der Waals surface area contributed by atoms with Gasteiger partial charge in [-0.25, -0.2) is 0 Å². The Hall–Kier alpha value is -1.42. The number of ether oxygens (including phenoxy) is 2. The molecule has 0 unspecified atom stereocenters. The number of nitrogens with two attached hydrogens (primary N) is 1. The van der Waals surface area contributed by atoms with Gasteiger partial charge in [0.2, 0.25) is 5.75 Å². The zero-order valence-electron chi connectivity index (χ0n) is 8.41. The van der Waals surface area contributed by atoms with Crippen molar-refractivity contribution in [1.29, 1.82) is 0 Å². The van der Waals surface area contributed by atoms with Crippen molar-refractivity contribution in [1.82, 2.24) is 0 Å². The molecule has 0 atom stereocenters. The second kappa shape index (κ2) is 4.72. The molecule has 0 saturated heterocycles. The van der Waals surface area contributed by atoms with Crippen molar-refractivity contribution in [3.05, 3.63) is 17.7 Å². The lowest BCUT2D eigenvalue weighted by Gasteiger charge is -2.11. The maximum Gasteiger partial charge on any atom is 0.203 e. The summed E-state index contributed by atoms with van der Waals surface area (Å²) in [7, 11) is 3.02. The molecule has 0 saturated carbocycles. The zero-order chi connectivity index (χ0) is 10.6. The molecular weight excluding hydrogens is 182 g/mol. The molecule has 0 heterocycles. The van der Waals surface area contributed by atoms with Gasteiger partial charge in [-0.2, -0.15) is 0 Å². The number of phenols is 1. The Morgan fingerprint density at radius 3 is 2.50 bits per heavy atom. The minimum Gasteiger partial charge on any atom is -0.504 e. The summed E-state index contributed by atoms with van der Waals surface area (Å²) in [4.78, 5) is 0. The number of aromatic hydroxyl groups is 1. The predicted octanol–water partition coefficient (Wildman–Crippen LogP) is 0.911. The molecule has 0 aliphatic carbocycles. The Balaban J connectivity index is 3.13. The third-order valence-corrected chi connectivity index (χ3v) is 2.02. The molecule has 4 heteroatoms. The van der Waals surface area contributed by atoms with E-state index in [1.54, 1.807) is 12.1 Å². The average molecular weight is 197 g/mol. The van der Waals surface area contributed by atoms with E-state index in [1.165, 1.54) is 14.2 Å². The molecule has 1 aromatic rings. The molecule has 0 amide bonds. The van der Waals surface area contributed by atoms with Crippen LogP contribution in [-0.2, 0) is 6.42 Å². The SMILES string of the molecule is COc1ccc(CCN)c(O)c1OC. The van der Waals surface area contributed by atoms with E-state index in [9.17, 15) is 5.11 Å². The Bertz CT molecular complexity index is 312. The summed E-state index contributed by atoms with van der Waals surface area (Å²) in [6.45, 7) is 0.489. The van der Waals surface area contributed by atoms with Crippen LogP contribution in [0.5, 0.6) is 17.2 Å². The maximum absolute atomic E-state index is 9.77. The highest BCUT2D eigenvalue weighted by Gasteiger charge is 2.12. The van der Waals surface area contributed by atoms with Crippen LogP contribution in [0, 0.1) is 0 Å². The minimum absolute atomic E-state index is 0.109. The van der Waals surface area contributed by atoms with E-state index in [0.717, 1.165) is 5.56 Å². The third kappa shape index (κ3) is 1.90. The minimum atomic E-state index is 0.109. The van der Waals surface area contributed by atoms with Crippen LogP contribution in [-0.4, -0.2) is 25.9 Å². The van der Waals surface area contributed by atoms with Crippen LogP contribution in [0.3, 0.4) is 0 Å². The Kier molecular flexibility index (Phi) is 3.59. The van der Waals surface area contributed by atoms with Crippen molar-refractivity contribution >= 4 is 0 Å². The molecule has 78 valence electrons. The van der Waals surface area contributed by atoms with Gasteiger partial charge < -0.3 is 20.3 Å². The summed E-state index contributed by atoms with van der Waals surface area (Å²) in [5.74, 6) is 0.988. The first-order valence-corrected chi connectivity index (χ1v) is 4.37. The van der Waals surface area contributed by atoms with Gasteiger partial charge in [0.05, 0.1) is 14.2 Å². The number of rotatable bonds is 4. The monoisotopic (exact) mass is 197 g/mol. The van der Waals surface area contributed by atoms with Gasteiger partial charge in [-0.05, 0) is 24.6 Å². The standard InChI is InChI=1S/C10H15NO3/c1-13-8-4-3-7(5-6-11)9(12)10(8)14-2/h3-4,12H,5-6,11H2,1-2H3. The Morgan fingerprint density at radius 2 is 2.00 bits per heavy atom. The molecule has 0 radical (unpaired) electrons. The van der Waals surface area contributed by atoms with Gasteiger partial charge in [0.15, 0.2) is 11.5 Å². The highest BCUT2D eigenvalue weighted by atomic mass is 16.5. The molecule has 0 spiro atoms. The van der Waals surface area contributed by atoms with E-state index in [4.69, 9.17) is 15.2 Å². The van der Waals surface area contributed by atoms with Crippen LogP contribution in [0.15, 0.2) is 12.1 Å². The van der Waals surface area contributed by atoms with E-state index < -0.39 is 0 Å². The Labute approximate surface area is 83.3 Å². The molecule has 0 aliphatic heterocycles. The number of phenolic OH excluding ortho intramolecular Hbond substituents is 1. The molecule has 0 aliphatic rings. The normalized spacial score (nSPS) is 9.93. The molecule has 0 fully saturated rings. The van der Waals surface area contributed by atoms with E-state index in [0.29, 0.717) is 24.5 Å². The molecule has 3 N–H and O–H groups in total. The number of methoxy groups -OCH3 is 2. The van der Waals surface area contributed by atoms with Gasteiger partial charge in [0, 0.05) is 0 Å². The summed E-state index contributed by atoms with van der Waals surface area (Å²) in [5.41, 5.74) is 6.18. The third-order valence-electron chi connectivity index (χ3n) is 2.02. The van der Waals surface area contributed by atoms with Crippen LogP contribution in [0.4, 0.5) is 0 Å². The number of hydrogen-bond acceptors (Lipinski definition) is 4. The van der Waals surface area contributed by atoms with Gasteiger partial charge >= 0.3 is 0 Å². The van der Waals surface area contributed by atoms with Crippen LogP contribution in [0.2, 0.25) is 0 Å². The Morgan fingerprint density at radius 1 is 1.29 bits per heavy atom. The lowest BCUT2D eigenvalue weighted by atomic mass is 10.1. The lowest BCUT2D eigenvalue weighted by Crippen LogP contribution is -2.03. The lowest BCUT2D eigenvalue weighted by molar-refractivity contribution is 0.331. The summed E-state index contributed by atoms with van der Waals surface area (Å²) >= 11 is 0. The first kappa shape index (κ1) is 10.7. The summed E-state index contributed by atoms with van der Waals surface area (Å²) < 4.78 is 10.1. The van der Waals surface area contributed by atoms with Crippen molar-refractivity contribution in [3.8, 4) is 17.2 Å². The fraction of sp³-hybridized carbons (Fsp3) is 0.400. The zero-order valence-corrected chi connectivity index (χ0v) is 8.41. The van der Waals surface area contributed by atoms with Crippen molar-refractivity contribution in [2.45, 2.75) is 6.42 Å². The summed E-state index contributed by atoms with van der Waals surface area (Å²) in [5, 5.41) is 9.77. The quantitative estimate of drug-likeness (QED) is 0.753. The van der Waals surface area contributed by atoms with Crippen LogP contribution in [0.1, 0.15) is 5.56 Å².